The first-order chi connectivity index (χ1) is 15.7. The van der Waals surface area contributed by atoms with Crippen molar-refractivity contribution in [2.75, 3.05) is 13.7 Å². The van der Waals surface area contributed by atoms with Crippen molar-refractivity contribution in [2.45, 2.75) is 25.9 Å². The molecule has 0 unspecified atom stereocenters. The van der Waals surface area contributed by atoms with Crippen LogP contribution < -0.4 is 14.8 Å². The second kappa shape index (κ2) is 10.4. The summed E-state index contributed by atoms with van der Waals surface area (Å²) in [7, 11) is 1.65. The molecule has 2 aromatic carbocycles. The van der Waals surface area contributed by atoms with Crippen molar-refractivity contribution in [3.05, 3.63) is 84.4 Å². The molecular weight excluding hydrogens is 404 g/mol. The first-order valence-corrected chi connectivity index (χ1v) is 10.6. The van der Waals surface area contributed by atoms with Crippen LogP contribution in [-0.2, 0) is 13.1 Å². The maximum Gasteiger partial charge on any atom is 0.251 e. The Balaban J connectivity index is 1.35. The highest BCUT2D eigenvalue weighted by Crippen LogP contribution is 2.19. The van der Waals surface area contributed by atoms with Crippen LogP contribution in [0.1, 0.15) is 29.0 Å². The van der Waals surface area contributed by atoms with E-state index in [1.807, 2.05) is 42.5 Å². The van der Waals surface area contributed by atoms with Gasteiger partial charge in [0.2, 0.25) is 0 Å². The molecule has 2 aromatic heterocycles. The van der Waals surface area contributed by atoms with Crippen LogP contribution in [0.4, 0.5) is 0 Å². The van der Waals surface area contributed by atoms with Crippen LogP contribution in [0.25, 0.3) is 11.0 Å². The highest BCUT2D eigenvalue weighted by molar-refractivity contribution is 5.93. The van der Waals surface area contributed by atoms with Crippen molar-refractivity contribution in [1.29, 1.82) is 0 Å². The number of nitrogens with zero attached hydrogens (tertiary/aromatic N) is 3. The summed E-state index contributed by atoms with van der Waals surface area (Å²) in [6, 6.07) is 19.0. The Hall–Kier alpha value is -3.87. The van der Waals surface area contributed by atoms with E-state index in [4.69, 9.17) is 14.5 Å². The number of hydrogen-bond donors (Lipinski definition) is 1. The highest BCUT2D eigenvalue weighted by atomic mass is 16.5. The first-order valence-electron chi connectivity index (χ1n) is 10.6. The molecule has 0 aliphatic rings. The third-order valence-corrected chi connectivity index (χ3v) is 5.19. The van der Waals surface area contributed by atoms with Gasteiger partial charge in [-0.05, 0) is 61.4 Å². The molecule has 7 heteroatoms. The quantitative estimate of drug-likeness (QED) is 0.381. The number of hydrogen-bond acceptors (Lipinski definition) is 5. The van der Waals surface area contributed by atoms with Crippen molar-refractivity contribution in [3.8, 4) is 11.5 Å². The number of aromatic nitrogens is 3. The molecule has 0 aliphatic heterocycles. The van der Waals surface area contributed by atoms with Gasteiger partial charge >= 0.3 is 0 Å². The predicted molar refractivity (Wildman–Crippen MR) is 123 cm³/mol. The van der Waals surface area contributed by atoms with Crippen LogP contribution in [-0.4, -0.2) is 34.2 Å². The summed E-state index contributed by atoms with van der Waals surface area (Å²) in [5.41, 5.74) is 2.57. The molecule has 0 saturated heterocycles. The van der Waals surface area contributed by atoms with Crippen LogP contribution in [0.5, 0.6) is 11.5 Å². The van der Waals surface area contributed by atoms with E-state index >= 15 is 0 Å². The molecule has 0 aliphatic carbocycles. The molecule has 0 radical (unpaired) electrons. The van der Waals surface area contributed by atoms with Crippen molar-refractivity contribution >= 4 is 16.9 Å². The molecule has 0 saturated carbocycles. The van der Waals surface area contributed by atoms with E-state index in [-0.39, 0.29) is 5.91 Å². The largest absolute Gasteiger partial charge is 0.497 e. The van der Waals surface area contributed by atoms with Gasteiger partial charge in [-0.1, -0.05) is 12.1 Å². The van der Waals surface area contributed by atoms with E-state index in [1.54, 1.807) is 31.6 Å². The average Bonchev–Trinajstić information content (AvgIpc) is 3.20. The average molecular weight is 431 g/mol. The zero-order valence-electron chi connectivity index (χ0n) is 18.0. The zero-order valence-corrected chi connectivity index (χ0v) is 18.0. The summed E-state index contributed by atoms with van der Waals surface area (Å²) in [5.74, 6) is 2.34. The lowest BCUT2D eigenvalue weighted by Crippen LogP contribution is -2.24. The van der Waals surface area contributed by atoms with Crippen LogP contribution in [0, 0.1) is 0 Å². The smallest absolute Gasteiger partial charge is 0.251 e. The Morgan fingerprint density at radius 2 is 1.72 bits per heavy atom. The Kier molecular flexibility index (Phi) is 6.97. The number of benzene rings is 2. The number of carbonyl (C=O) groups is 1. The normalized spacial score (nSPS) is 10.8. The van der Waals surface area contributed by atoms with Gasteiger partial charge in [-0.3, -0.25) is 9.78 Å². The predicted octanol–water partition coefficient (Wildman–Crippen LogP) is 4.23. The lowest BCUT2D eigenvalue weighted by Gasteiger charge is -2.11. The van der Waals surface area contributed by atoms with Crippen LogP contribution in [0.15, 0.2) is 73.1 Å². The van der Waals surface area contributed by atoms with Crippen LogP contribution >= 0.6 is 0 Å². The Bertz CT molecular complexity index is 1160. The van der Waals surface area contributed by atoms with Crippen molar-refractivity contribution in [3.63, 3.8) is 0 Å². The van der Waals surface area contributed by atoms with Crippen molar-refractivity contribution in [2.24, 2.45) is 0 Å². The lowest BCUT2D eigenvalue weighted by atomic mass is 10.2. The SMILES string of the molecule is COc1ccc(OCCCCn2c(CNC(=O)c3ccncc3)nc3ccccc32)cc1. The number of fused-ring (bicyclic) bond motifs is 1. The molecule has 1 amide bonds. The van der Waals surface area contributed by atoms with Crippen LogP contribution in [0.2, 0.25) is 0 Å². The van der Waals surface area contributed by atoms with E-state index in [0.717, 1.165) is 47.7 Å². The van der Waals surface area contributed by atoms with Gasteiger partial charge < -0.3 is 19.4 Å². The molecule has 7 nitrogen and oxygen atoms in total. The van der Waals surface area contributed by atoms with Gasteiger partial charge in [0.1, 0.15) is 17.3 Å². The molecule has 0 bridgehead atoms. The van der Waals surface area contributed by atoms with Crippen molar-refractivity contribution in [1.82, 2.24) is 19.9 Å². The van der Waals surface area contributed by atoms with Crippen molar-refractivity contribution < 1.29 is 14.3 Å². The Morgan fingerprint density at radius 1 is 0.969 bits per heavy atom. The molecule has 0 atom stereocenters. The minimum Gasteiger partial charge on any atom is -0.497 e. The second-order valence-corrected chi connectivity index (χ2v) is 7.32. The van der Waals surface area contributed by atoms with E-state index in [2.05, 4.69) is 20.9 Å². The van der Waals surface area contributed by atoms with Gasteiger partial charge in [0.05, 0.1) is 31.3 Å². The molecule has 0 fully saturated rings. The number of pyridine rings is 1. The molecule has 4 rings (SSSR count). The summed E-state index contributed by atoms with van der Waals surface area (Å²) >= 11 is 0. The van der Waals surface area contributed by atoms with Crippen LogP contribution in [0.3, 0.4) is 0 Å². The van der Waals surface area contributed by atoms with Gasteiger partial charge in [-0.25, -0.2) is 4.98 Å². The minimum atomic E-state index is -0.140. The topological polar surface area (TPSA) is 78.3 Å². The van der Waals surface area contributed by atoms with Gasteiger partial charge in [0.25, 0.3) is 5.91 Å². The summed E-state index contributed by atoms with van der Waals surface area (Å²) in [6.45, 7) is 1.79. The molecule has 1 N–H and O–H groups in total. The fourth-order valence-corrected chi connectivity index (χ4v) is 3.51. The second-order valence-electron chi connectivity index (χ2n) is 7.32. The fourth-order valence-electron chi connectivity index (χ4n) is 3.51. The molecule has 2 heterocycles. The number of para-hydroxylation sites is 2. The third-order valence-electron chi connectivity index (χ3n) is 5.19. The van der Waals surface area contributed by atoms with E-state index in [9.17, 15) is 4.79 Å². The fraction of sp³-hybridized carbons (Fsp3) is 0.240. The number of ether oxygens (including phenoxy) is 2. The first kappa shape index (κ1) is 21.4. The number of amides is 1. The highest BCUT2D eigenvalue weighted by Gasteiger charge is 2.12. The third kappa shape index (κ3) is 5.24. The molecule has 4 aromatic rings. The Labute approximate surface area is 187 Å². The summed E-state index contributed by atoms with van der Waals surface area (Å²) in [6.07, 6.45) is 5.06. The number of nitrogens with one attached hydrogen (secondary N) is 1. The number of methoxy groups -OCH3 is 1. The maximum atomic E-state index is 12.4. The van der Waals surface area contributed by atoms with Gasteiger partial charge in [0, 0.05) is 24.5 Å². The van der Waals surface area contributed by atoms with E-state index in [0.29, 0.717) is 18.7 Å². The maximum absolute atomic E-state index is 12.4. The molecular formula is C25H26N4O3. The number of imidazole rings is 1. The zero-order chi connectivity index (χ0) is 22.2. The summed E-state index contributed by atoms with van der Waals surface area (Å²) in [5, 5.41) is 2.96. The van der Waals surface area contributed by atoms with E-state index in [1.165, 1.54) is 0 Å². The lowest BCUT2D eigenvalue weighted by molar-refractivity contribution is 0.0949. The summed E-state index contributed by atoms with van der Waals surface area (Å²) in [4.78, 5) is 21.1. The minimum absolute atomic E-state index is 0.140. The monoisotopic (exact) mass is 430 g/mol. The number of aryl methyl sites for hydroxylation is 1. The molecule has 164 valence electrons. The Morgan fingerprint density at radius 3 is 2.50 bits per heavy atom. The van der Waals surface area contributed by atoms with Gasteiger partial charge in [-0.2, -0.15) is 0 Å². The number of carbonyl (C=O) groups excluding carboxylic acids is 1. The molecule has 32 heavy (non-hydrogen) atoms. The molecule has 0 spiro atoms. The van der Waals surface area contributed by atoms with Gasteiger partial charge in [0.15, 0.2) is 0 Å². The van der Waals surface area contributed by atoms with Gasteiger partial charge in [-0.15, -0.1) is 0 Å². The summed E-state index contributed by atoms with van der Waals surface area (Å²) < 4.78 is 13.2. The van der Waals surface area contributed by atoms with E-state index < -0.39 is 0 Å². The standard InChI is InChI=1S/C25H26N4O3/c1-31-20-8-10-21(11-9-20)32-17-5-4-16-29-23-7-3-2-6-22(23)28-24(29)18-27-25(30)19-12-14-26-15-13-19/h2-3,6-15H,4-5,16-18H2,1H3,(H,27,30). The number of rotatable bonds is 10. The number of unbranched alkanes of at least 4 members (excludes halogenated alkanes) is 1.